The number of hydrogen-bond donors (Lipinski definition) is 3. The fourth-order valence-electron chi connectivity index (χ4n) is 3.23. The van der Waals surface area contributed by atoms with Gasteiger partial charge in [0.1, 0.15) is 17.5 Å². The fourth-order valence-corrected chi connectivity index (χ4v) is 3.83. The van der Waals surface area contributed by atoms with Crippen molar-refractivity contribution in [3.05, 3.63) is 51.9 Å². The summed E-state index contributed by atoms with van der Waals surface area (Å²) < 4.78 is 14.4. The van der Waals surface area contributed by atoms with Crippen molar-refractivity contribution in [2.45, 2.75) is 12.8 Å². The molecule has 0 fully saturated rings. The van der Waals surface area contributed by atoms with Gasteiger partial charge in [0.15, 0.2) is 10.9 Å². The number of nitrogens with zero attached hydrogens (tertiary/aromatic N) is 4. The predicted molar refractivity (Wildman–Crippen MR) is 95.1 cm³/mol. The Morgan fingerprint density at radius 2 is 2.23 bits per heavy atom. The number of phenols is 1. The minimum atomic E-state index is -0.778. The molecule has 0 bridgehead atoms. The number of nitriles is 1. The Hall–Kier alpha value is -3.25. The van der Waals surface area contributed by atoms with Gasteiger partial charge >= 0.3 is 0 Å². The molecule has 1 aliphatic heterocycles. The molecule has 0 spiro atoms. The fraction of sp³-hybridized carbons (Fsp3) is 0.176. The van der Waals surface area contributed by atoms with Gasteiger partial charge in [-0.15, -0.1) is 11.3 Å². The van der Waals surface area contributed by atoms with E-state index in [4.69, 9.17) is 5.73 Å². The molecule has 2 atom stereocenters. The Kier molecular flexibility index (Phi) is 3.70. The maximum absolute atomic E-state index is 14.4. The van der Waals surface area contributed by atoms with Crippen LogP contribution in [0.1, 0.15) is 28.4 Å². The highest BCUT2D eigenvalue weighted by molar-refractivity contribution is 7.13. The van der Waals surface area contributed by atoms with Crippen molar-refractivity contribution in [1.29, 1.82) is 5.26 Å². The van der Waals surface area contributed by atoms with E-state index in [0.29, 0.717) is 16.6 Å². The topological polar surface area (TPSA) is 124 Å². The summed E-state index contributed by atoms with van der Waals surface area (Å²) in [6.07, 6.45) is 0. The molecule has 2 unspecified atom stereocenters. The number of halogens is 1. The van der Waals surface area contributed by atoms with Crippen LogP contribution >= 0.6 is 11.3 Å². The molecule has 7 nitrogen and oxygen atoms in total. The van der Waals surface area contributed by atoms with Gasteiger partial charge in [-0.05, 0) is 19.1 Å². The van der Waals surface area contributed by atoms with Crippen molar-refractivity contribution >= 4 is 28.0 Å². The number of aryl methyl sites for hydroxylation is 1. The molecule has 9 heteroatoms. The Bertz CT molecular complexity index is 1080. The van der Waals surface area contributed by atoms with E-state index in [0.717, 1.165) is 17.3 Å². The third-order valence-corrected chi connectivity index (χ3v) is 5.06. The highest BCUT2D eigenvalue weighted by Gasteiger charge is 2.40. The first-order valence-electron chi connectivity index (χ1n) is 7.72. The van der Waals surface area contributed by atoms with Crippen LogP contribution in [0.2, 0.25) is 0 Å². The average molecular weight is 368 g/mol. The largest absolute Gasteiger partial charge is 0.508 e. The van der Waals surface area contributed by atoms with Gasteiger partial charge in [-0.3, -0.25) is 5.10 Å². The first-order chi connectivity index (χ1) is 12.5. The number of aromatic amines is 1. The second kappa shape index (κ2) is 5.93. The molecule has 0 saturated carbocycles. The van der Waals surface area contributed by atoms with Crippen molar-refractivity contribution < 1.29 is 9.50 Å². The van der Waals surface area contributed by atoms with E-state index < -0.39 is 17.7 Å². The number of benzene rings is 1. The number of nitrogens with two attached hydrogens (primary N) is 1. The van der Waals surface area contributed by atoms with E-state index in [-0.39, 0.29) is 17.0 Å². The molecular weight excluding hydrogens is 355 g/mol. The standard InChI is InChI=1S/C17H13FN6OS/c1-7-13-14(12-6-26-17(20)21-12)10(5-19)15(22-16(13)24-23-7)9-3-2-8(25)4-11(9)18/h2-4,6,10,14,25H,1H3,(H2,20,21)(H,23,24). The van der Waals surface area contributed by atoms with E-state index >= 15 is 0 Å². The number of fused-ring (bicyclic) bond motifs is 1. The van der Waals surface area contributed by atoms with Gasteiger partial charge in [-0.2, -0.15) is 10.4 Å². The minimum Gasteiger partial charge on any atom is -0.508 e. The van der Waals surface area contributed by atoms with Crippen LogP contribution in [0.25, 0.3) is 0 Å². The lowest BCUT2D eigenvalue weighted by molar-refractivity contribution is 0.469. The molecule has 0 amide bonds. The van der Waals surface area contributed by atoms with E-state index in [1.807, 2.05) is 6.92 Å². The number of nitrogens with one attached hydrogen (secondary N) is 1. The third-order valence-electron chi connectivity index (χ3n) is 4.37. The van der Waals surface area contributed by atoms with Crippen molar-refractivity contribution in [2.75, 3.05) is 5.73 Å². The number of aromatic nitrogens is 3. The van der Waals surface area contributed by atoms with Gasteiger partial charge < -0.3 is 10.8 Å². The van der Waals surface area contributed by atoms with Gasteiger partial charge in [-0.25, -0.2) is 14.4 Å². The monoisotopic (exact) mass is 368 g/mol. The van der Waals surface area contributed by atoms with Crippen LogP contribution in [0.3, 0.4) is 0 Å². The molecular formula is C17H13FN6OS. The second-order valence-electron chi connectivity index (χ2n) is 5.94. The SMILES string of the molecule is Cc1[nH]nc2c1C(c1csc(N)n1)C(C#N)C(c1ccc(O)cc1F)=N2. The molecule has 26 heavy (non-hydrogen) atoms. The molecule has 1 aromatic carbocycles. The van der Waals surface area contributed by atoms with Crippen LogP contribution < -0.4 is 5.73 Å². The zero-order valence-electron chi connectivity index (χ0n) is 13.6. The molecule has 0 aliphatic carbocycles. The highest BCUT2D eigenvalue weighted by atomic mass is 32.1. The lowest BCUT2D eigenvalue weighted by Crippen LogP contribution is -2.27. The summed E-state index contributed by atoms with van der Waals surface area (Å²) in [5.74, 6) is -1.71. The van der Waals surface area contributed by atoms with Gasteiger partial charge in [0, 0.05) is 28.3 Å². The van der Waals surface area contributed by atoms with Gasteiger partial charge in [0.05, 0.1) is 23.4 Å². The predicted octanol–water partition coefficient (Wildman–Crippen LogP) is 3.01. The normalized spacial score (nSPS) is 18.9. The first-order valence-corrected chi connectivity index (χ1v) is 8.60. The number of anilines is 1. The molecule has 0 saturated heterocycles. The van der Waals surface area contributed by atoms with Gasteiger partial charge in [0.25, 0.3) is 0 Å². The lowest BCUT2D eigenvalue weighted by Gasteiger charge is -2.26. The smallest absolute Gasteiger partial charge is 0.180 e. The number of nitrogen functional groups attached to an aromatic ring is 1. The molecule has 3 heterocycles. The van der Waals surface area contributed by atoms with E-state index in [9.17, 15) is 14.8 Å². The van der Waals surface area contributed by atoms with Crippen LogP contribution in [0.5, 0.6) is 5.75 Å². The van der Waals surface area contributed by atoms with Crippen LogP contribution in [-0.4, -0.2) is 26.0 Å². The summed E-state index contributed by atoms with van der Waals surface area (Å²) in [6.45, 7) is 1.84. The van der Waals surface area contributed by atoms with E-state index in [2.05, 4.69) is 26.2 Å². The van der Waals surface area contributed by atoms with Crippen molar-refractivity contribution in [3.8, 4) is 11.8 Å². The number of rotatable bonds is 2. The Morgan fingerprint density at radius 3 is 2.88 bits per heavy atom. The number of aromatic hydroxyl groups is 1. The van der Waals surface area contributed by atoms with Gasteiger partial charge in [-0.1, -0.05) is 0 Å². The zero-order valence-corrected chi connectivity index (χ0v) is 14.4. The number of aliphatic imine (C=N–C) groups is 1. The van der Waals surface area contributed by atoms with E-state index in [1.54, 1.807) is 5.38 Å². The summed E-state index contributed by atoms with van der Waals surface area (Å²) in [4.78, 5) is 8.77. The van der Waals surface area contributed by atoms with Crippen LogP contribution in [0, 0.1) is 30.0 Å². The summed E-state index contributed by atoms with van der Waals surface area (Å²) in [7, 11) is 0. The molecule has 3 aromatic rings. The Morgan fingerprint density at radius 1 is 1.42 bits per heavy atom. The molecule has 0 radical (unpaired) electrons. The third kappa shape index (κ3) is 2.43. The Balaban J connectivity index is 1.96. The molecule has 4 N–H and O–H groups in total. The molecule has 2 aromatic heterocycles. The van der Waals surface area contributed by atoms with Crippen molar-refractivity contribution in [3.63, 3.8) is 0 Å². The zero-order chi connectivity index (χ0) is 18.4. The number of H-pyrrole nitrogens is 1. The quantitative estimate of drug-likeness (QED) is 0.641. The maximum Gasteiger partial charge on any atom is 0.180 e. The Labute approximate surface area is 151 Å². The highest BCUT2D eigenvalue weighted by Crippen LogP contribution is 2.44. The van der Waals surface area contributed by atoms with Crippen LogP contribution in [0.4, 0.5) is 15.3 Å². The molecule has 1 aliphatic rings. The van der Waals surface area contributed by atoms with Gasteiger partial charge in [0.2, 0.25) is 0 Å². The van der Waals surface area contributed by atoms with E-state index in [1.165, 1.54) is 23.5 Å². The summed E-state index contributed by atoms with van der Waals surface area (Å²) in [6, 6.07) is 5.99. The lowest BCUT2D eigenvalue weighted by atomic mass is 9.77. The number of thiazole rings is 1. The van der Waals surface area contributed by atoms with Crippen LogP contribution in [0.15, 0.2) is 28.6 Å². The summed E-state index contributed by atoms with van der Waals surface area (Å²) in [5.41, 5.74) is 8.32. The maximum atomic E-state index is 14.4. The summed E-state index contributed by atoms with van der Waals surface area (Å²) in [5, 5.41) is 28.6. The van der Waals surface area contributed by atoms with Crippen LogP contribution in [-0.2, 0) is 0 Å². The van der Waals surface area contributed by atoms with Crippen molar-refractivity contribution in [2.24, 2.45) is 10.9 Å². The van der Waals surface area contributed by atoms with Crippen molar-refractivity contribution in [1.82, 2.24) is 15.2 Å². The molecule has 130 valence electrons. The minimum absolute atomic E-state index is 0.147. The second-order valence-corrected chi connectivity index (χ2v) is 6.83. The first kappa shape index (κ1) is 16.2. The number of phenolic OH excluding ortho intramolecular Hbond substituents is 1. The number of hydrogen-bond acceptors (Lipinski definition) is 7. The molecule has 4 rings (SSSR count). The summed E-state index contributed by atoms with van der Waals surface area (Å²) >= 11 is 1.28. The average Bonchev–Trinajstić information content (AvgIpc) is 3.19.